The molecule has 1 aliphatic rings. The second-order valence-corrected chi connectivity index (χ2v) is 3.48. The Labute approximate surface area is 66.0 Å². The molecule has 1 rings (SSSR count). The zero-order valence-electron chi connectivity index (χ0n) is 6.82. The van der Waals surface area contributed by atoms with Crippen molar-refractivity contribution in [3.05, 3.63) is 0 Å². The average Bonchev–Trinajstić information content (AvgIpc) is 1.97. The van der Waals surface area contributed by atoms with E-state index in [1.807, 2.05) is 13.8 Å². The fourth-order valence-electron chi connectivity index (χ4n) is 1.58. The van der Waals surface area contributed by atoms with Crippen molar-refractivity contribution in [2.45, 2.75) is 32.5 Å². The van der Waals surface area contributed by atoms with Gasteiger partial charge >= 0.3 is 0 Å². The van der Waals surface area contributed by atoms with Crippen LogP contribution in [0.2, 0.25) is 0 Å². The molecule has 3 nitrogen and oxygen atoms in total. The van der Waals surface area contributed by atoms with E-state index in [1.165, 1.54) is 0 Å². The van der Waals surface area contributed by atoms with E-state index in [1.54, 1.807) is 0 Å². The van der Waals surface area contributed by atoms with Gasteiger partial charge in [-0.25, -0.2) is 0 Å². The SMILES string of the molecule is CC1CC(C)C(O)C(=O)C1O. The van der Waals surface area contributed by atoms with Crippen molar-refractivity contribution >= 4 is 5.78 Å². The molecule has 1 saturated carbocycles. The third-order valence-electron chi connectivity index (χ3n) is 2.40. The van der Waals surface area contributed by atoms with Crippen LogP contribution < -0.4 is 0 Å². The lowest BCUT2D eigenvalue weighted by Gasteiger charge is -2.31. The highest BCUT2D eigenvalue weighted by Gasteiger charge is 2.37. The lowest BCUT2D eigenvalue weighted by atomic mass is 9.78. The Kier molecular flexibility index (Phi) is 2.30. The van der Waals surface area contributed by atoms with E-state index in [0.29, 0.717) is 6.42 Å². The minimum atomic E-state index is -0.957. The molecule has 0 saturated heterocycles. The molecule has 0 spiro atoms. The van der Waals surface area contributed by atoms with Gasteiger partial charge in [0.05, 0.1) is 0 Å². The van der Waals surface area contributed by atoms with Gasteiger partial charge in [-0.3, -0.25) is 4.79 Å². The highest BCUT2D eigenvalue weighted by atomic mass is 16.3. The largest absolute Gasteiger partial charge is 0.385 e. The average molecular weight is 158 g/mol. The fraction of sp³-hybridized carbons (Fsp3) is 0.875. The first-order valence-corrected chi connectivity index (χ1v) is 3.94. The molecule has 0 aromatic heterocycles. The monoisotopic (exact) mass is 158 g/mol. The number of ketones is 1. The standard InChI is InChI=1S/C8H14O3/c1-4-3-5(2)7(10)8(11)6(4)9/h4-7,9-10H,3H2,1-2H3. The van der Waals surface area contributed by atoms with Crippen LogP contribution in [0.4, 0.5) is 0 Å². The first kappa shape index (κ1) is 8.68. The van der Waals surface area contributed by atoms with E-state index in [0.717, 1.165) is 0 Å². The second kappa shape index (κ2) is 2.91. The van der Waals surface area contributed by atoms with E-state index in [2.05, 4.69) is 0 Å². The fourth-order valence-corrected chi connectivity index (χ4v) is 1.58. The summed E-state index contributed by atoms with van der Waals surface area (Å²) in [6.07, 6.45) is -1.20. The van der Waals surface area contributed by atoms with Crippen molar-refractivity contribution in [3.8, 4) is 0 Å². The van der Waals surface area contributed by atoms with E-state index >= 15 is 0 Å². The Morgan fingerprint density at radius 1 is 1.18 bits per heavy atom. The third-order valence-corrected chi connectivity index (χ3v) is 2.40. The van der Waals surface area contributed by atoms with Gasteiger partial charge in [0.15, 0.2) is 5.78 Å². The topological polar surface area (TPSA) is 57.5 Å². The maximum absolute atomic E-state index is 11.0. The second-order valence-electron chi connectivity index (χ2n) is 3.48. The molecular formula is C8H14O3. The van der Waals surface area contributed by atoms with Crippen LogP contribution in [0.1, 0.15) is 20.3 Å². The molecule has 4 atom stereocenters. The van der Waals surface area contributed by atoms with Crippen molar-refractivity contribution in [2.24, 2.45) is 11.8 Å². The number of aliphatic hydroxyl groups is 2. The molecule has 0 aromatic rings. The molecule has 64 valence electrons. The van der Waals surface area contributed by atoms with Gasteiger partial charge in [-0.2, -0.15) is 0 Å². The molecular weight excluding hydrogens is 144 g/mol. The van der Waals surface area contributed by atoms with E-state index < -0.39 is 18.0 Å². The Hall–Kier alpha value is -0.410. The zero-order chi connectivity index (χ0) is 8.59. The number of carbonyl (C=O) groups is 1. The predicted octanol–water partition coefficient (Wildman–Crippen LogP) is -0.0468. The number of rotatable bonds is 0. The van der Waals surface area contributed by atoms with Gasteiger partial charge in [-0.05, 0) is 18.3 Å². The summed E-state index contributed by atoms with van der Waals surface area (Å²) in [7, 11) is 0. The van der Waals surface area contributed by atoms with Crippen molar-refractivity contribution in [1.29, 1.82) is 0 Å². The first-order chi connectivity index (χ1) is 5.04. The third kappa shape index (κ3) is 1.44. The van der Waals surface area contributed by atoms with Gasteiger partial charge in [-0.15, -0.1) is 0 Å². The summed E-state index contributed by atoms with van der Waals surface area (Å²) < 4.78 is 0. The smallest absolute Gasteiger partial charge is 0.190 e. The van der Waals surface area contributed by atoms with E-state index in [-0.39, 0.29) is 11.8 Å². The summed E-state index contributed by atoms with van der Waals surface area (Å²) in [6.45, 7) is 3.65. The predicted molar refractivity (Wildman–Crippen MR) is 40.0 cm³/mol. The Morgan fingerprint density at radius 3 is 1.91 bits per heavy atom. The molecule has 0 amide bonds. The summed E-state index contributed by atoms with van der Waals surface area (Å²) in [5, 5.41) is 18.4. The van der Waals surface area contributed by atoms with Gasteiger partial charge in [0.25, 0.3) is 0 Å². The maximum atomic E-state index is 11.0. The quantitative estimate of drug-likeness (QED) is 0.520. The van der Waals surface area contributed by atoms with Gasteiger partial charge in [0, 0.05) is 0 Å². The minimum absolute atomic E-state index is 0.0131. The van der Waals surface area contributed by atoms with Crippen LogP contribution >= 0.6 is 0 Å². The van der Waals surface area contributed by atoms with Crippen LogP contribution in [-0.4, -0.2) is 28.2 Å². The molecule has 1 aliphatic carbocycles. The van der Waals surface area contributed by atoms with Crippen molar-refractivity contribution in [2.75, 3.05) is 0 Å². The van der Waals surface area contributed by atoms with Crippen molar-refractivity contribution < 1.29 is 15.0 Å². The number of hydrogen-bond donors (Lipinski definition) is 2. The summed E-state index contributed by atoms with van der Waals surface area (Å²) >= 11 is 0. The summed E-state index contributed by atoms with van der Waals surface area (Å²) in [6, 6.07) is 0. The van der Waals surface area contributed by atoms with Gasteiger partial charge in [-0.1, -0.05) is 13.8 Å². The zero-order valence-corrected chi connectivity index (χ0v) is 6.82. The minimum Gasteiger partial charge on any atom is -0.385 e. The lowest BCUT2D eigenvalue weighted by Crippen LogP contribution is -2.45. The molecule has 0 radical (unpaired) electrons. The Balaban J connectivity index is 2.71. The molecule has 4 unspecified atom stereocenters. The number of aliphatic hydroxyl groups excluding tert-OH is 2. The van der Waals surface area contributed by atoms with Crippen LogP contribution in [-0.2, 0) is 4.79 Å². The Bertz CT molecular complexity index is 151. The van der Waals surface area contributed by atoms with Crippen molar-refractivity contribution in [1.82, 2.24) is 0 Å². The Morgan fingerprint density at radius 2 is 1.55 bits per heavy atom. The molecule has 0 heterocycles. The molecule has 0 bridgehead atoms. The molecule has 11 heavy (non-hydrogen) atoms. The highest BCUT2D eigenvalue weighted by molar-refractivity contribution is 5.88. The van der Waals surface area contributed by atoms with Crippen molar-refractivity contribution in [3.63, 3.8) is 0 Å². The number of carbonyl (C=O) groups excluding carboxylic acids is 1. The van der Waals surface area contributed by atoms with Crippen LogP contribution in [0.15, 0.2) is 0 Å². The van der Waals surface area contributed by atoms with Crippen LogP contribution in [0.5, 0.6) is 0 Å². The molecule has 0 aromatic carbocycles. The van der Waals surface area contributed by atoms with Gasteiger partial charge in [0.2, 0.25) is 0 Å². The van der Waals surface area contributed by atoms with E-state index in [9.17, 15) is 15.0 Å². The van der Waals surface area contributed by atoms with Gasteiger partial charge in [0.1, 0.15) is 12.2 Å². The molecule has 0 aliphatic heterocycles. The van der Waals surface area contributed by atoms with Gasteiger partial charge < -0.3 is 10.2 Å². The van der Waals surface area contributed by atoms with Crippen LogP contribution in [0.3, 0.4) is 0 Å². The molecule has 2 N–H and O–H groups in total. The van der Waals surface area contributed by atoms with Crippen LogP contribution in [0, 0.1) is 11.8 Å². The number of Topliss-reactive ketones (excluding diaryl/α,β-unsaturated/α-hetero) is 1. The summed E-state index contributed by atoms with van der Waals surface area (Å²) in [4.78, 5) is 11.0. The molecule has 1 fully saturated rings. The number of hydrogen-bond acceptors (Lipinski definition) is 3. The maximum Gasteiger partial charge on any atom is 0.190 e. The normalized spacial score (nSPS) is 46.0. The highest BCUT2D eigenvalue weighted by Crippen LogP contribution is 2.26. The summed E-state index contributed by atoms with van der Waals surface area (Å²) in [5.74, 6) is -0.446. The summed E-state index contributed by atoms with van der Waals surface area (Å²) in [5.41, 5.74) is 0. The lowest BCUT2D eigenvalue weighted by molar-refractivity contribution is -0.146. The first-order valence-electron chi connectivity index (χ1n) is 3.94. The molecule has 3 heteroatoms. The van der Waals surface area contributed by atoms with E-state index in [4.69, 9.17) is 0 Å². The van der Waals surface area contributed by atoms with Crippen LogP contribution in [0.25, 0.3) is 0 Å².